The van der Waals surface area contributed by atoms with Gasteiger partial charge in [-0.25, -0.2) is 9.48 Å². The molecule has 1 aromatic heterocycles. The highest BCUT2D eigenvalue weighted by Gasteiger charge is 2.11. The number of carboxylic acids is 1. The Morgan fingerprint density at radius 1 is 1.38 bits per heavy atom. The molecule has 0 spiro atoms. The van der Waals surface area contributed by atoms with Crippen LogP contribution in [0.1, 0.15) is 10.5 Å². The number of H-pyrrole nitrogens is 1. The number of nitrogen functional groups attached to an aromatic ring is 1. The van der Waals surface area contributed by atoms with Crippen molar-refractivity contribution >= 4 is 11.7 Å². The third-order valence-corrected chi connectivity index (χ3v) is 2.13. The van der Waals surface area contributed by atoms with Crippen molar-refractivity contribution in [2.45, 2.75) is 0 Å². The minimum Gasteiger partial charge on any atom is -0.477 e. The van der Waals surface area contributed by atoms with Crippen LogP contribution in [0.15, 0.2) is 35.1 Å². The van der Waals surface area contributed by atoms with Gasteiger partial charge in [0.05, 0.1) is 11.4 Å². The van der Waals surface area contributed by atoms with Gasteiger partial charge in [-0.2, -0.15) is 0 Å². The zero-order valence-electron chi connectivity index (χ0n) is 8.18. The second-order valence-electron chi connectivity index (χ2n) is 3.21. The molecule has 1 aromatic carbocycles. The van der Waals surface area contributed by atoms with E-state index in [0.29, 0.717) is 11.4 Å². The summed E-state index contributed by atoms with van der Waals surface area (Å²) in [7, 11) is 0. The molecular weight excluding hydrogens is 210 g/mol. The monoisotopic (exact) mass is 219 g/mol. The number of carboxylic acid groups (broad SMARTS) is 1. The lowest BCUT2D eigenvalue weighted by Crippen LogP contribution is -2.15. The van der Waals surface area contributed by atoms with Crippen molar-refractivity contribution in [3.05, 3.63) is 46.4 Å². The molecule has 16 heavy (non-hydrogen) atoms. The van der Waals surface area contributed by atoms with Crippen LogP contribution in [0.2, 0.25) is 0 Å². The molecule has 0 radical (unpaired) electrons. The number of hydrogen-bond acceptors (Lipinski definition) is 3. The summed E-state index contributed by atoms with van der Waals surface area (Å²) in [6, 6.07) is 7.70. The summed E-state index contributed by atoms with van der Waals surface area (Å²) in [5, 5.41) is 11.2. The molecule has 1 heterocycles. The maximum atomic E-state index is 11.5. The lowest BCUT2D eigenvalue weighted by Gasteiger charge is -2.04. The minimum absolute atomic E-state index is 0.173. The SMILES string of the molecule is Nc1ccccc1-n1[nH]c(C(=O)O)cc1=O. The second kappa shape index (κ2) is 3.58. The third-order valence-electron chi connectivity index (χ3n) is 2.13. The zero-order chi connectivity index (χ0) is 11.7. The van der Waals surface area contributed by atoms with Gasteiger partial charge in [-0.1, -0.05) is 12.1 Å². The fourth-order valence-electron chi connectivity index (χ4n) is 1.38. The first-order valence-electron chi connectivity index (χ1n) is 4.50. The standard InChI is InChI=1S/C10H9N3O3/c11-6-3-1-2-4-8(6)13-9(14)5-7(12-13)10(15)16/h1-5,12H,11H2,(H,15,16). The average molecular weight is 219 g/mol. The molecule has 0 atom stereocenters. The number of nitrogens with one attached hydrogen (secondary N) is 1. The van der Waals surface area contributed by atoms with E-state index in [1.54, 1.807) is 24.3 Å². The first-order valence-corrected chi connectivity index (χ1v) is 4.50. The molecule has 4 N–H and O–H groups in total. The van der Waals surface area contributed by atoms with Gasteiger partial charge in [0.2, 0.25) is 0 Å². The lowest BCUT2D eigenvalue weighted by atomic mass is 10.3. The van der Waals surface area contributed by atoms with E-state index in [1.807, 2.05) is 0 Å². The van der Waals surface area contributed by atoms with Crippen LogP contribution in [0, 0.1) is 0 Å². The highest BCUT2D eigenvalue weighted by molar-refractivity contribution is 5.85. The number of nitrogens with zero attached hydrogens (tertiary/aromatic N) is 1. The van der Waals surface area contributed by atoms with E-state index in [9.17, 15) is 9.59 Å². The van der Waals surface area contributed by atoms with Crippen molar-refractivity contribution < 1.29 is 9.90 Å². The van der Waals surface area contributed by atoms with Gasteiger partial charge in [-0.3, -0.25) is 9.89 Å². The number of aromatic carboxylic acids is 1. The van der Waals surface area contributed by atoms with Gasteiger partial charge < -0.3 is 10.8 Å². The Bertz CT molecular complexity index is 597. The molecule has 82 valence electrons. The maximum absolute atomic E-state index is 11.5. The first kappa shape index (κ1) is 10.0. The Morgan fingerprint density at radius 3 is 2.62 bits per heavy atom. The molecule has 0 unspecified atom stereocenters. The van der Waals surface area contributed by atoms with Crippen molar-refractivity contribution in [1.82, 2.24) is 9.78 Å². The number of rotatable bonds is 2. The van der Waals surface area contributed by atoms with Crippen LogP contribution >= 0.6 is 0 Å². The Hall–Kier alpha value is -2.50. The van der Waals surface area contributed by atoms with E-state index in [0.717, 1.165) is 10.7 Å². The molecule has 0 saturated heterocycles. The minimum atomic E-state index is -1.19. The summed E-state index contributed by atoms with van der Waals surface area (Å²) < 4.78 is 1.10. The number of benzene rings is 1. The van der Waals surface area contributed by atoms with E-state index in [4.69, 9.17) is 10.8 Å². The third kappa shape index (κ3) is 1.56. The highest BCUT2D eigenvalue weighted by Crippen LogP contribution is 2.13. The number of hydrogen-bond donors (Lipinski definition) is 3. The molecule has 2 rings (SSSR count). The smallest absolute Gasteiger partial charge is 0.353 e. The fraction of sp³-hybridized carbons (Fsp3) is 0. The average Bonchev–Trinajstić information content (AvgIpc) is 2.61. The number of aromatic amines is 1. The molecule has 0 aliphatic rings. The Labute approximate surface area is 89.9 Å². The van der Waals surface area contributed by atoms with Gasteiger partial charge in [0.25, 0.3) is 5.56 Å². The first-order chi connectivity index (χ1) is 7.59. The molecule has 0 amide bonds. The number of aromatic nitrogens is 2. The largest absolute Gasteiger partial charge is 0.477 e. The predicted octanol–water partition coefficient (Wildman–Crippen LogP) is 0.446. The van der Waals surface area contributed by atoms with Crippen LogP contribution in [-0.4, -0.2) is 20.9 Å². The van der Waals surface area contributed by atoms with Crippen molar-refractivity contribution in [2.24, 2.45) is 0 Å². The van der Waals surface area contributed by atoms with Gasteiger partial charge >= 0.3 is 5.97 Å². The normalized spacial score (nSPS) is 10.2. The van der Waals surface area contributed by atoms with Crippen molar-refractivity contribution in [3.63, 3.8) is 0 Å². The summed E-state index contributed by atoms with van der Waals surface area (Å²) in [6.45, 7) is 0. The van der Waals surface area contributed by atoms with Gasteiger partial charge in [0, 0.05) is 6.07 Å². The van der Waals surface area contributed by atoms with E-state index in [1.165, 1.54) is 0 Å². The quantitative estimate of drug-likeness (QED) is 0.638. The molecule has 0 bridgehead atoms. The Kier molecular flexibility index (Phi) is 2.24. The summed E-state index contributed by atoms with van der Waals surface area (Å²) in [4.78, 5) is 22.2. The number of nitrogens with two attached hydrogens (primary N) is 1. The molecule has 2 aromatic rings. The Morgan fingerprint density at radius 2 is 2.06 bits per heavy atom. The molecule has 0 aliphatic heterocycles. The van der Waals surface area contributed by atoms with Crippen LogP contribution < -0.4 is 11.3 Å². The van der Waals surface area contributed by atoms with E-state index >= 15 is 0 Å². The Balaban J connectivity index is 2.61. The number of carbonyl (C=O) groups is 1. The topological polar surface area (TPSA) is 101 Å². The summed E-state index contributed by atoms with van der Waals surface area (Å²) >= 11 is 0. The van der Waals surface area contributed by atoms with Gasteiger partial charge in [0.1, 0.15) is 5.69 Å². The predicted molar refractivity (Wildman–Crippen MR) is 57.8 cm³/mol. The van der Waals surface area contributed by atoms with Crippen molar-refractivity contribution in [3.8, 4) is 5.69 Å². The van der Waals surface area contributed by atoms with Crippen molar-refractivity contribution in [1.29, 1.82) is 0 Å². The molecular formula is C10H9N3O3. The number of anilines is 1. The van der Waals surface area contributed by atoms with Crippen molar-refractivity contribution in [2.75, 3.05) is 5.73 Å². The van der Waals surface area contributed by atoms with E-state index < -0.39 is 11.5 Å². The van der Waals surface area contributed by atoms with Crippen LogP contribution in [0.5, 0.6) is 0 Å². The summed E-state index contributed by atoms with van der Waals surface area (Å²) in [6.07, 6.45) is 0. The van der Waals surface area contributed by atoms with Gasteiger partial charge in [-0.15, -0.1) is 0 Å². The van der Waals surface area contributed by atoms with Crippen LogP contribution in [-0.2, 0) is 0 Å². The summed E-state index contributed by atoms with van der Waals surface area (Å²) in [5.74, 6) is -1.19. The molecule has 0 fully saturated rings. The van der Waals surface area contributed by atoms with E-state index in [2.05, 4.69) is 5.10 Å². The maximum Gasteiger partial charge on any atom is 0.353 e. The van der Waals surface area contributed by atoms with Gasteiger partial charge in [-0.05, 0) is 12.1 Å². The fourth-order valence-corrected chi connectivity index (χ4v) is 1.38. The van der Waals surface area contributed by atoms with E-state index in [-0.39, 0.29) is 5.69 Å². The highest BCUT2D eigenvalue weighted by atomic mass is 16.4. The van der Waals surface area contributed by atoms with Crippen LogP contribution in [0.25, 0.3) is 5.69 Å². The molecule has 0 aliphatic carbocycles. The molecule has 0 saturated carbocycles. The van der Waals surface area contributed by atoms with Gasteiger partial charge in [0.15, 0.2) is 0 Å². The molecule has 6 heteroatoms. The van der Waals surface area contributed by atoms with Crippen LogP contribution in [0.3, 0.4) is 0 Å². The summed E-state index contributed by atoms with van der Waals surface area (Å²) in [5.41, 5.74) is 5.87. The molecule has 6 nitrogen and oxygen atoms in total. The number of para-hydroxylation sites is 2. The lowest BCUT2D eigenvalue weighted by molar-refractivity contribution is 0.0690. The zero-order valence-corrected chi connectivity index (χ0v) is 8.18. The second-order valence-corrected chi connectivity index (χ2v) is 3.21. The van der Waals surface area contributed by atoms with Crippen LogP contribution in [0.4, 0.5) is 5.69 Å².